The Morgan fingerprint density at radius 2 is 1.36 bits per heavy atom. The van der Waals surface area contributed by atoms with Crippen LogP contribution < -0.4 is 15.4 Å². The van der Waals surface area contributed by atoms with E-state index in [9.17, 15) is 0 Å². The van der Waals surface area contributed by atoms with Gasteiger partial charge in [-0.1, -0.05) is 66.8 Å². The van der Waals surface area contributed by atoms with Gasteiger partial charge in [0.05, 0.1) is 23.0 Å². The van der Waals surface area contributed by atoms with Crippen molar-refractivity contribution in [2.24, 2.45) is 0 Å². The molecule has 0 saturated heterocycles. The monoisotopic (exact) mass is 386 g/mol. The molecular formula is C24H22N2OS. The number of allylic oxidation sites excluding steroid dienone is 4. The van der Waals surface area contributed by atoms with Crippen molar-refractivity contribution in [3.63, 3.8) is 0 Å². The number of rotatable bonds is 0. The lowest BCUT2D eigenvalue weighted by molar-refractivity contribution is 0.229. The van der Waals surface area contributed by atoms with Gasteiger partial charge in [0.15, 0.2) is 0 Å². The molecule has 3 nitrogen and oxygen atoms in total. The van der Waals surface area contributed by atoms with Gasteiger partial charge in [-0.25, -0.2) is 0 Å². The maximum atomic E-state index is 5.84. The smallest absolute Gasteiger partial charge is 0.143 e. The normalized spacial score (nSPS) is 27.4. The van der Waals surface area contributed by atoms with Gasteiger partial charge in [-0.05, 0) is 30.3 Å². The Morgan fingerprint density at radius 3 is 2.29 bits per heavy atom. The molecule has 0 fully saturated rings. The van der Waals surface area contributed by atoms with Gasteiger partial charge in [-0.2, -0.15) is 0 Å². The van der Waals surface area contributed by atoms with Crippen LogP contribution in [0, 0.1) is 0 Å². The molecule has 6 rings (SSSR count). The first-order chi connectivity index (χ1) is 13.9. The summed E-state index contributed by atoms with van der Waals surface area (Å²) in [6.45, 7) is 0. The van der Waals surface area contributed by atoms with Gasteiger partial charge in [0, 0.05) is 10.6 Å². The summed E-state index contributed by atoms with van der Waals surface area (Å²) in [6, 6.07) is 17.3. The minimum atomic E-state index is 0.134. The first kappa shape index (κ1) is 17.3. The molecule has 4 unspecified atom stereocenters. The average molecular weight is 387 g/mol. The molecule has 2 heterocycles. The molecule has 0 aromatic heterocycles. The molecule has 0 saturated carbocycles. The largest absolute Gasteiger partial charge is 0.482 e. The number of ether oxygens (including phenoxy) is 1. The highest BCUT2D eigenvalue weighted by molar-refractivity contribution is 8.00. The third kappa shape index (κ3) is 3.48. The predicted octanol–water partition coefficient (Wildman–Crippen LogP) is 5.42. The van der Waals surface area contributed by atoms with Crippen LogP contribution in [-0.4, -0.2) is 23.4 Å². The fourth-order valence-corrected chi connectivity index (χ4v) is 4.87. The minimum Gasteiger partial charge on any atom is -0.482 e. The Labute approximate surface area is 169 Å². The van der Waals surface area contributed by atoms with Crippen LogP contribution >= 0.6 is 11.8 Å². The van der Waals surface area contributed by atoms with Crippen molar-refractivity contribution in [2.45, 2.75) is 28.3 Å². The van der Waals surface area contributed by atoms with E-state index in [0.717, 1.165) is 11.4 Å². The molecule has 2 aliphatic carbocycles. The van der Waals surface area contributed by atoms with Gasteiger partial charge in [0.2, 0.25) is 0 Å². The molecule has 0 spiro atoms. The summed E-state index contributed by atoms with van der Waals surface area (Å²) in [6.07, 6.45) is 17.1. The molecular weight excluding hydrogens is 364 g/mol. The summed E-state index contributed by atoms with van der Waals surface area (Å²) < 4.78 is 5.84. The number of thioether (sulfide) groups is 1. The van der Waals surface area contributed by atoms with Gasteiger partial charge in [-0.15, -0.1) is 11.8 Å². The van der Waals surface area contributed by atoms with E-state index in [2.05, 4.69) is 71.4 Å². The third-order valence-corrected chi connectivity index (χ3v) is 6.45. The lowest BCUT2D eigenvalue weighted by Gasteiger charge is -2.32. The zero-order chi connectivity index (χ0) is 18.8. The van der Waals surface area contributed by atoms with Crippen molar-refractivity contribution in [3.05, 3.63) is 97.1 Å². The van der Waals surface area contributed by atoms with Crippen LogP contribution in [-0.2, 0) is 0 Å². The van der Waals surface area contributed by atoms with E-state index in [1.165, 1.54) is 10.6 Å². The number of anilines is 2. The second kappa shape index (κ2) is 7.64. The van der Waals surface area contributed by atoms with Crippen molar-refractivity contribution >= 4 is 23.1 Å². The zero-order valence-electron chi connectivity index (χ0n) is 15.4. The number of para-hydroxylation sites is 3. The summed E-state index contributed by atoms with van der Waals surface area (Å²) in [5, 5.41) is 7.53. The van der Waals surface area contributed by atoms with Crippen LogP contribution in [0.2, 0.25) is 0 Å². The number of hydrogen-bond donors (Lipinski definition) is 2. The van der Waals surface area contributed by atoms with Crippen molar-refractivity contribution in [2.75, 3.05) is 10.6 Å². The maximum Gasteiger partial charge on any atom is 0.143 e. The summed E-state index contributed by atoms with van der Waals surface area (Å²) in [7, 11) is 0. The third-order valence-electron chi connectivity index (χ3n) is 5.11. The van der Waals surface area contributed by atoms with Crippen molar-refractivity contribution in [1.82, 2.24) is 0 Å². The van der Waals surface area contributed by atoms with E-state index >= 15 is 0 Å². The van der Waals surface area contributed by atoms with Crippen LogP contribution in [0.4, 0.5) is 11.4 Å². The molecule has 4 aliphatic rings. The van der Waals surface area contributed by atoms with Crippen LogP contribution in [0.3, 0.4) is 0 Å². The highest BCUT2D eigenvalue weighted by Crippen LogP contribution is 2.39. The standard InChI is InChI=1S/C12H11NO.C12H11NS/c2*1-3-7-11-9(5-1)13-10-6-2-4-8-12(10)14-11/h2*1-9,11,13H. The van der Waals surface area contributed by atoms with Crippen LogP contribution in [0.5, 0.6) is 5.75 Å². The Bertz CT molecular complexity index is 821. The molecule has 28 heavy (non-hydrogen) atoms. The molecule has 0 amide bonds. The summed E-state index contributed by atoms with van der Waals surface area (Å²) >= 11 is 1.94. The van der Waals surface area contributed by atoms with E-state index in [1.54, 1.807) is 0 Å². The predicted molar refractivity (Wildman–Crippen MR) is 118 cm³/mol. The second-order valence-corrected chi connectivity index (χ2v) is 8.26. The number of benzene rings is 2. The molecule has 0 radical (unpaired) electrons. The second-order valence-electron chi connectivity index (χ2n) is 7.04. The molecule has 2 aliphatic heterocycles. The SMILES string of the molecule is C1=CC2Nc3ccccc3OC2C=C1.C1=CC2Nc3ccccc3SC2C=C1. The topological polar surface area (TPSA) is 33.3 Å². The average Bonchev–Trinajstić information content (AvgIpc) is 2.76. The van der Waals surface area contributed by atoms with Gasteiger partial charge in [0.1, 0.15) is 11.9 Å². The zero-order valence-corrected chi connectivity index (χ0v) is 16.2. The lowest BCUT2D eigenvalue weighted by Crippen LogP contribution is -2.39. The molecule has 0 bridgehead atoms. The van der Waals surface area contributed by atoms with Crippen molar-refractivity contribution in [3.8, 4) is 5.75 Å². The summed E-state index contributed by atoms with van der Waals surface area (Å²) in [4.78, 5) is 1.36. The van der Waals surface area contributed by atoms with E-state index in [4.69, 9.17) is 4.74 Å². The van der Waals surface area contributed by atoms with E-state index in [-0.39, 0.29) is 12.1 Å². The van der Waals surface area contributed by atoms with Gasteiger partial charge < -0.3 is 15.4 Å². The van der Waals surface area contributed by atoms with Crippen LogP contribution in [0.25, 0.3) is 0 Å². The van der Waals surface area contributed by atoms with Crippen LogP contribution in [0.1, 0.15) is 0 Å². The fourth-order valence-electron chi connectivity index (χ4n) is 3.69. The Kier molecular flexibility index (Phi) is 4.71. The fraction of sp³-hybridized carbons (Fsp3) is 0.167. The first-order valence-electron chi connectivity index (χ1n) is 9.61. The summed E-state index contributed by atoms with van der Waals surface area (Å²) in [5.74, 6) is 0.939. The van der Waals surface area contributed by atoms with E-state index in [1.807, 2.05) is 48.2 Å². The molecule has 140 valence electrons. The molecule has 4 heteroatoms. The van der Waals surface area contributed by atoms with Gasteiger partial charge >= 0.3 is 0 Å². The molecule has 2 N–H and O–H groups in total. The van der Waals surface area contributed by atoms with E-state index in [0.29, 0.717) is 11.3 Å². The lowest BCUT2D eigenvalue weighted by atomic mass is 10.0. The molecule has 2 aromatic rings. The first-order valence-corrected chi connectivity index (χ1v) is 10.5. The maximum absolute atomic E-state index is 5.84. The Morgan fingerprint density at radius 1 is 0.679 bits per heavy atom. The number of hydrogen-bond acceptors (Lipinski definition) is 4. The quantitative estimate of drug-likeness (QED) is 0.633. The molecule has 2 aromatic carbocycles. The van der Waals surface area contributed by atoms with E-state index < -0.39 is 0 Å². The summed E-state index contributed by atoms with van der Waals surface area (Å²) in [5.41, 5.74) is 2.34. The minimum absolute atomic E-state index is 0.134. The van der Waals surface area contributed by atoms with Crippen molar-refractivity contribution in [1.29, 1.82) is 0 Å². The van der Waals surface area contributed by atoms with Gasteiger partial charge in [-0.3, -0.25) is 0 Å². The number of nitrogens with one attached hydrogen (secondary N) is 2. The Hall–Kier alpha value is -2.85. The highest BCUT2D eigenvalue weighted by Gasteiger charge is 2.26. The van der Waals surface area contributed by atoms with Crippen LogP contribution in [0.15, 0.2) is 102 Å². The number of fused-ring (bicyclic) bond motifs is 4. The highest BCUT2D eigenvalue weighted by atomic mass is 32.2. The van der Waals surface area contributed by atoms with Crippen molar-refractivity contribution < 1.29 is 4.74 Å². The van der Waals surface area contributed by atoms with Gasteiger partial charge in [0.25, 0.3) is 0 Å². The Balaban J connectivity index is 0.000000122. The molecule has 4 atom stereocenters.